The van der Waals surface area contributed by atoms with Crippen molar-refractivity contribution in [2.75, 3.05) is 32.8 Å². The van der Waals surface area contributed by atoms with Crippen molar-refractivity contribution >= 4 is 5.91 Å². The minimum atomic E-state index is -0.204. The van der Waals surface area contributed by atoms with E-state index < -0.39 is 0 Å². The number of nitrogens with zero attached hydrogens (tertiary/aromatic N) is 2. The number of rotatable bonds is 4. The number of carbonyl (C=O) groups excluding carboxylic acids is 1. The van der Waals surface area contributed by atoms with Crippen LogP contribution in [0.2, 0.25) is 0 Å². The third-order valence-corrected chi connectivity index (χ3v) is 5.46. The Morgan fingerprint density at radius 1 is 1.11 bits per heavy atom. The number of hydrogen-bond acceptors (Lipinski definition) is 4. The van der Waals surface area contributed by atoms with Gasteiger partial charge in [-0.2, -0.15) is 0 Å². The number of amides is 1. The summed E-state index contributed by atoms with van der Waals surface area (Å²) in [7, 11) is 0. The van der Waals surface area contributed by atoms with Crippen LogP contribution in [0, 0.1) is 6.92 Å². The van der Waals surface area contributed by atoms with Crippen molar-refractivity contribution in [3.63, 3.8) is 0 Å². The Kier molecular flexibility index (Phi) is 5.60. The Hall–Kier alpha value is -2.11. The normalized spacial score (nSPS) is 21.4. The molecule has 4 rings (SSSR count). The SMILES string of the molecule is Cc1ccc(-c2cccc(CN3CCCN(C(=O)C4CCCO4)CC3)c2)o1. The summed E-state index contributed by atoms with van der Waals surface area (Å²) in [6.07, 6.45) is 2.68. The van der Waals surface area contributed by atoms with Crippen LogP contribution in [0.1, 0.15) is 30.6 Å². The predicted octanol–water partition coefficient (Wildman–Crippen LogP) is 3.47. The summed E-state index contributed by atoms with van der Waals surface area (Å²) in [4.78, 5) is 17.0. The molecule has 2 aliphatic rings. The second-order valence-corrected chi connectivity index (χ2v) is 7.57. The van der Waals surface area contributed by atoms with Gasteiger partial charge in [0.1, 0.15) is 17.6 Å². The summed E-state index contributed by atoms with van der Waals surface area (Å²) < 4.78 is 11.3. The average Bonchev–Trinajstić information content (AvgIpc) is 3.31. The Bertz CT molecular complexity index is 779. The van der Waals surface area contributed by atoms with E-state index in [9.17, 15) is 4.79 Å². The number of furan rings is 1. The van der Waals surface area contributed by atoms with Gasteiger partial charge in [-0.1, -0.05) is 18.2 Å². The maximum absolute atomic E-state index is 12.6. The Balaban J connectivity index is 1.37. The fourth-order valence-electron chi connectivity index (χ4n) is 4.00. The minimum Gasteiger partial charge on any atom is -0.461 e. The van der Waals surface area contributed by atoms with Crippen molar-refractivity contribution in [3.05, 3.63) is 47.7 Å². The van der Waals surface area contributed by atoms with Gasteiger partial charge in [-0.15, -0.1) is 0 Å². The molecular formula is C22H28N2O3. The summed E-state index contributed by atoms with van der Waals surface area (Å²) >= 11 is 0. The van der Waals surface area contributed by atoms with Gasteiger partial charge in [0.2, 0.25) is 0 Å². The minimum absolute atomic E-state index is 0.185. The van der Waals surface area contributed by atoms with Gasteiger partial charge in [0, 0.05) is 44.9 Å². The molecule has 0 spiro atoms. The lowest BCUT2D eigenvalue weighted by atomic mass is 10.1. The summed E-state index contributed by atoms with van der Waals surface area (Å²) in [6.45, 7) is 7.13. The zero-order valence-electron chi connectivity index (χ0n) is 16.0. The average molecular weight is 368 g/mol. The lowest BCUT2D eigenvalue weighted by Crippen LogP contribution is -2.41. The topological polar surface area (TPSA) is 45.9 Å². The molecule has 5 nitrogen and oxygen atoms in total. The van der Waals surface area contributed by atoms with Crippen LogP contribution in [0.5, 0.6) is 0 Å². The molecule has 2 fully saturated rings. The molecule has 2 aliphatic heterocycles. The van der Waals surface area contributed by atoms with Crippen molar-refractivity contribution < 1.29 is 13.9 Å². The van der Waals surface area contributed by atoms with E-state index in [1.54, 1.807) is 0 Å². The molecule has 1 unspecified atom stereocenters. The van der Waals surface area contributed by atoms with Crippen molar-refractivity contribution in [1.82, 2.24) is 9.80 Å². The van der Waals surface area contributed by atoms with E-state index in [0.717, 1.165) is 75.7 Å². The number of hydrogen-bond donors (Lipinski definition) is 0. The molecule has 0 bridgehead atoms. The van der Waals surface area contributed by atoms with Crippen molar-refractivity contribution in [3.8, 4) is 11.3 Å². The fourth-order valence-corrected chi connectivity index (χ4v) is 4.00. The van der Waals surface area contributed by atoms with Crippen LogP contribution in [0.25, 0.3) is 11.3 Å². The predicted molar refractivity (Wildman–Crippen MR) is 104 cm³/mol. The Morgan fingerprint density at radius 2 is 2.04 bits per heavy atom. The zero-order valence-corrected chi connectivity index (χ0v) is 16.0. The third kappa shape index (κ3) is 4.42. The summed E-state index contributed by atoms with van der Waals surface area (Å²) in [5.74, 6) is 2.03. The van der Waals surface area contributed by atoms with E-state index in [4.69, 9.17) is 9.15 Å². The fraction of sp³-hybridized carbons (Fsp3) is 0.500. The number of carbonyl (C=O) groups is 1. The largest absolute Gasteiger partial charge is 0.461 e. The van der Waals surface area contributed by atoms with E-state index in [2.05, 4.69) is 29.2 Å². The first-order chi connectivity index (χ1) is 13.2. The van der Waals surface area contributed by atoms with Gasteiger partial charge in [-0.25, -0.2) is 0 Å². The highest BCUT2D eigenvalue weighted by Gasteiger charge is 2.29. The van der Waals surface area contributed by atoms with E-state index in [1.165, 1.54) is 5.56 Å². The Labute approximate surface area is 160 Å². The summed E-state index contributed by atoms with van der Waals surface area (Å²) in [6, 6.07) is 12.6. The van der Waals surface area contributed by atoms with Gasteiger partial charge < -0.3 is 14.1 Å². The first-order valence-electron chi connectivity index (χ1n) is 9.97. The molecule has 1 aromatic heterocycles. The zero-order chi connectivity index (χ0) is 18.6. The number of ether oxygens (including phenoxy) is 1. The van der Waals surface area contributed by atoms with Crippen molar-refractivity contribution in [1.29, 1.82) is 0 Å². The van der Waals surface area contributed by atoms with Gasteiger partial charge in [-0.05, 0) is 49.9 Å². The second-order valence-electron chi connectivity index (χ2n) is 7.57. The van der Waals surface area contributed by atoms with Gasteiger partial charge in [0.15, 0.2) is 0 Å². The van der Waals surface area contributed by atoms with Crippen LogP contribution in [0.3, 0.4) is 0 Å². The van der Waals surface area contributed by atoms with E-state index >= 15 is 0 Å². The molecule has 1 aromatic carbocycles. The molecule has 1 amide bonds. The molecule has 0 radical (unpaired) electrons. The molecule has 144 valence electrons. The molecule has 5 heteroatoms. The maximum Gasteiger partial charge on any atom is 0.251 e. The van der Waals surface area contributed by atoms with E-state index in [1.807, 2.05) is 24.0 Å². The Morgan fingerprint density at radius 3 is 2.81 bits per heavy atom. The highest BCUT2D eigenvalue weighted by atomic mass is 16.5. The van der Waals surface area contributed by atoms with Crippen LogP contribution in [0.4, 0.5) is 0 Å². The highest BCUT2D eigenvalue weighted by molar-refractivity contribution is 5.81. The quantitative estimate of drug-likeness (QED) is 0.829. The van der Waals surface area contributed by atoms with E-state index in [0.29, 0.717) is 0 Å². The van der Waals surface area contributed by atoms with Crippen LogP contribution in [-0.4, -0.2) is 54.6 Å². The lowest BCUT2D eigenvalue weighted by molar-refractivity contribution is -0.140. The molecule has 0 saturated carbocycles. The van der Waals surface area contributed by atoms with Gasteiger partial charge in [0.05, 0.1) is 0 Å². The monoisotopic (exact) mass is 368 g/mol. The first-order valence-corrected chi connectivity index (χ1v) is 9.97. The maximum atomic E-state index is 12.6. The molecule has 3 heterocycles. The van der Waals surface area contributed by atoms with Crippen molar-refractivity contribution in [2.24, 2.45) is 0 Å². The second kappa shape index (κ2) is 8.28. The van der Waals surface area contributed by atoms with E-state index in [-0.39, 0.29) is 12.0 Å². The third-order valence-electron chi connectivity index (χ3n) is 5.46. The first kappa shape index (κ1) is 18.3. The lowest BCUT2D eigenvalue weighted by Gasteiger charge is -2.24. The van der Waals surface area contributed by atoms with Gasteiger partial charge >= 0.3 is 0 Å². The highest BCUT2D eigenvalue weighted by Crippen LogP contribution is 2.23. The molecule has 2 saturated heterocycles. The van der Waals surface area contributed by atoms with Gasteiger partial charge in [0.25, 0.3) is 5.91 Å². The van der Waals surface area contributed by atoms with Crippen LogP contribution >= 0.6 is 0 Å². The summed E-state index contributed by atoms with van der Waals surface area (Å²) in [5, 5.41) is 0. The number of benzene rings is 1. The summed E-state index contributed by atoms with van der Waals surface area (Å²) in [5.41, 5.74) is 2.39. The van der Waals surface area contributed by atoms with Crippen molar-refractivity contribution in [2.45, 2.75) is 38.8 Å². The molecule has 2 aromatic rings. The molecule has 0 aliphatic carbocycles. The van der Waals surface area contributed by atoms with Crippen LogP contribution < -0.4 is 0 Å². The smallest absolute Gasteiger partial charge is 0.251 e. The molecule has 0 N–H and O–H groups in total. The molecule has 27 heavy (non-hydrogen) atoms. The number of aryl methyl sites for hydroxylation is 1. The molecule has 1 atom stereocenters. The molecular weight excluding hydrogens is 340 g/mol. The van der Waals surface area contributed by atoms with Gasteiger partial charge in [-0.3, -0.25) is 9.69 Å². The standard InChI is InChI=1S/C22H28N2O3/c1-17-8-9-20(27-17)19-6-2-5-18(15-19)16-23-10-4-11-24(13-12-23)22(25)21-7-3-14-26-21/h2,5-6,8-9,15,21H,3-4,7,10-14,16H2,1H3. The van der Waals surface area contributed by atoms with Crippen LogP contribution in [-0.2, 0) is 16.1 Å². The van der Waals surface area contributed by atoms with Crippen LogP contribution in [0.15, 0.2) is 40.8 Å².